The van der Waals surface area contributed by atoms with Gasteiger partial charge in [0.25, 0.3) is 0 Å². The molecule has 0 radical (unpaired) electrons. The van der Waals surface area contributed by atoms with Gasteiger partial charge in [0.2, 0.25) is 11.8 Å². The van der Waals surface area contributed by atoms with Crippen LogP contribution in [0.5, 0.6) is 0 Å². The van der Waals surface area contributed by atoms with Gasteiger partial charge in [-0.2, -0.15) is 4.98 Å². The van der Waals surface area contributed by atoms with E-state index >= 15 is 0 Å². The number of aromatic nitrogens is 2. The molecule has 1 amide bonds. The van der Waals surface area contributed by atoms with Gasteiger partial charge in [0.15, 0.2) is 5.82 Å². The van der Waals surface area contributed by atoms with E-state index in [2.05, 4.69) is 44.2 Å². The normalized spacial score (nSPS) is 19.6. The number of hydrogen-bond donors (Lipinski definition) is 0. The van der Waals surface area contributed by atoms with Gasteiger partial charge in [-0.1, -0.05) is 42.4 Å². The van der Waals surface area contributed by atoms with Crippen molar-refractivity contribution in [3.63, 3.8) is 0 Å². The Bertz CT molecular complexity index is 781. The van der Waals surface area contributed by atoms with E-state index < -0.39 is 0 Å². The van der Waals surface area contributed by atoms with Crippen molar-refractivity contribution in [2.75, 3.05) is 26.2 Å². The summed E-state index contributed by atoms with van der Waals surface area (Å²) in [5.41, 5.74) is 1.52. The molecule has 4 rings (SSSR count). The predicted molar refractivity (Wildman–Crippen MR) is 107 cm³/mol. The van der Waals surface area contributed by atoms with Crippen LogP contribution in [0.1, 0.15) is 49.9 Å². The lowest BCUT2D eigenvalue weighted by atomic mass is 9.77. The molecule has 1 spiro atoms. The Morgan fingerprint density at radius 1 is 1.18 bits per heavy atom. The van der Waals surface area contributed by atoms with Crippen LogP contribution in [0.2, 0.25) is 0 Å². The molecular formula is C22H30N4O2. The molecule has 0 unspecified atom stereocenters. The maximum Gasteiger partial charge on any atom is 0.240 e. The fourth-order valence-corrected chi connectivity index (χ4v) is 4.51. The second-order valence-electron chi connectivity index (χ2n) is 8.32. The summed E-state index contributed by atoms with van der Waals surface area (Å²) in [6.45, 7) is 6.54. The van der Waals surface area contributed by atoms with Crippen molar-refractivity contribution in [3.8, 4) is 0 Å². The number of nitrogens with zero attached hydrogens (tertiary/aromatic N) is 4. The smallest absolute Gasteiger partial charge is 0.240 e. The van der Waals surface area contributed by atoms with Crippen molar-refractivity contribution in [2.24, 2.45) is 5.41 Å². The number of carbonyl (C=O) groups is 1. The second kappa shape index (κ2) is 8.43. The maximum absolute atomic E-state index is 12.6. The fourth-order valence-electron chi connectivity index (χ4n) is 4.51. The van der Waals surface area contributed by atoms with Crippen LogP contribution in [0, 0.1) is 5.41 Å². The van der Waals surface area contributed by atoms with Gasteiger partial charge < -0.3 is 9.42 Å². The third kappa shape index (κ3) is 4.43. The number of likely N-dealkylation sites (tertiary alicyclic amines) is 2. The second-order valence-corrected chi connectivity index (χ2v) is 8.32. The zero-order valence-electron chi connectivity index (χ0n) is 16.8. The molecule has 1 aromatic carbocycles. The lowest BCUT2D eigenvalue weighted by Crippen LogP contribution is -2.41. The lowest BCUT2D eigenvalue weighted by Gasteiger charge is -2.38. The zero-order chi connectivity index (χ0) is 19.4. The van der Waals surface area contributed by atoms with Gasteiger partial charge in [0, 0.05) is 25.9 Å². The van der Waals surface area contributed by atoms with Crippen LogP contribution in [-0.2, 0) is 24.2 Å². The Hall–Kier alpha value is -2.21. The molecule has 2 aliphatic heterocycles. The van der Waals surface area contributed by atoms with Crippen LogP contribution >= 0.6 is 0 Å². The summed E-state index contributed by atoms with van der Waals surface area (Å²) in [7, 11) is 0. The molecule has 0 N–H and O–H groups in total. The van der Waals surface area contributed by atoms with Crippen LogP contribution in [0.3, 0.4) is 0 Å². The highest BCUT2D eigenvalue weighted by molar-refractivity contribution is 5.79. The molecule has 0 saturated carbocycles. The SMILES string of the molecule is CCc1noc(CN2CCC3(CC2)CC(=O)N(CCCc2ccccc2)C3)n1. The van der Waals surface area contributed by atoms with Gasteiger partial charge >= 0.3 is 0 Å². The first-order valence-corrected chi connectivity index (χ1v) is 10.5. The van der Waals surface area contributed by atoms with E-state index in [9.17, 15) is 4.79 Å². The summed E-state index contributed by atoms with van der Waals surface area (Å²) >= 11 is 0. The molecule has 2 fully saturated rings. The van der Waals surface area contributed by atoms with Crippen LogP contribution < -0.4 is 0 Å². The fraction of sp³-hybridized carbons (Fsp3) is 0.591. The van der Waals surface area contributed by atoms with Crippen LogP contribution in [-0.4, -0.2) is 52.0 Å². The zero-order valence-corrected chi connectivity index (χ0v) is 16.8. The molecule has 2 aliphatic rings. The molecule has 1 aromatic heterocycles. The van der Waals surface area contributed by atoms with Gasteiger partial charge in [0.05, 0.1) is 6.54 Å². The number of aryl methyl sites for hydroxylation is 2. The Balaban J connectivity index is 1.24. The van der Waals surface area contributed by atoms with Gasteiger partial charge in [-0.3, -0.25) is 9.69 Å². The van der Waals surface area contributed by atoms with E-state index in [1.54, 1.807) is 0 Å². The first kappa shape index (κ1) is 19.1. The minimum absolute atomic E-state index is 0.170. The molecule has 0 aliphatic carbocycles. The lowest BCUT2D eigenvalue weighted by molar-refractivity contribution is -0.127. The number of benzene rings is 1. The van der Waals surface area contributed by atoms with Crippen LogP contribution in [0.4, 0.5) is 0 Å². The van der Waals surface area contributed by atoms with Gasteiger partial charge in [-0.25, -0.2) is 0 Å². The average molecular weight is 383 g/mol. The van der Waals surface area contributed by atoms with E-state index in [0.717, 1.165) is 70.7 Å². The van der Waals surface area contributed by atoms with Crippen LogP contribution in [0.15, 0.2) is 34.9 Å². The first-order chi connectivity index (χ1) is 13.7. The van der Waals surface area contributed by atoms with Gasteiger partial charge in [0.1, 0.15) is 0 Å². The summed E-state index contributed by atoms with van der Waals surface area (Å²) < 4.78 is 5.33. The molecule has 3 heterocycles. The Kier molecular flexibility index (Phi) is 5.76. The third-order valence-electron chi connectivity index (χ3n) is 6.24. The molecule has 2 aromatic rings. The standard InChI is InChI=1S/C22H30N4O2/c1-2-19-23-20(28-24-19)16-25-13-10-22(11-14-25)15-21(27)26(17-22)12-6-9-18-7-4-3-5-8-18/h3-5,7-8H,2,6,9-17H2,1H3. The van der Waals surface area contributed by atoms with E-state index in [4.69, 9.17) is 4.52 Å². The summed E-state index contributed by atoms with van der Waals surface area (Å²) in [6.07, 6.45) is 5.73. The van der Waals surface area contributed by atoms with E-state index in [0.29, 0.717) is 18.2 Å². The predicted octanol–water partition coefficient (Wildman–Crippen LogP) is 3.08. The van der Waals surface area contributed by atoms with Crippen molar-refractivity contribution in [2.45, 2.75) is 52.0 Å². The highest BCUT2D eigenvalue weighted by Gasteiger charge is 2.44. The molecule has 6 heteroatoms. The molecule has 150 valence electrons. The molecule has 6 nitrogen and oxygen atoms in total. The minimum atomic E-state index is 0.170. The molecule has 0 bridgehead atoms. The number of rotatable bonds is 7. The topological polar surface area (TPSA) is 62.5 Å². The highest BCUT2D eigenvalue weighted by atomic mass is 16.5. The Morgan fingerprint density at radius 3 is 2.68 bits per heavy atom. The molecule has 2 saturated heterocycles. The summed E-state index contributed by atoms with van der Waals surface area (Å²) in [4.78, 5) is 21.5. The maximum atomic E-state index is 12.6. The largest absolute Gasteiger partial charge is 0.342 e. The number of amides is 1. The van der Waals surface area contributed by atoms with Gasteiger partial charge in [-0.15, -0.1) is 0 Å². The highest BCUT2D eigenvalue weighted by Crippen LogP contribution is 2.41. The molecular weight excluding hydrogens is 352 g/mol. The number of piperidine rings is 1. The quantitative estimate of drug-likeness (QED) is 0.736. The van der Waals surface area contributed by atoms with Gasteiger partial charge in [-0.05, 0) is 49.8 Å². The number of hydrogen-bond acceptors (Lipinski definition) is 5. The van der Waals surface area contributed by atoms with E-state index in [1.807, 2.05) is 13.0 Å². The Labute approximate surface area is 166 Å². The van der Waals surface area contributed by atoms with Crippen molar-refractivity contribution < 1.29 is 9.32 Å². The first-order valence-electron chi connectivity index (χ1n) is 10.5. The van der Waals surface area contributed by atoms with E-state index in [1.165, 1.54) is 5.56 Å². The van der Waals surface area contributed by atoms with Crippen molar-refractivity contribution in [3.05, 3.63) is 47.6 Å². The minimum Gasteiger partial charge on any atom is -0.342 e. The monoisotopic (exact) mass is 382 g/mol. The number of carbonyl (C=O) groups excluding carboxylic acids is 1. The van der Waals surface area contributed by atoms with Crippen molar-refractivity contribution >= 4 is 5.91 Å². The summed E-state index contributed by atoms with van der Waals surface area (Å²) in [5.74, 6) is 1.82. The van der Waals surface area contributed by atoms with E-state index in [-0.39, 0.29) is 5.41 Å². The van der Waals surface area contributed by atoms with Crippen molar-refractivity contribution in [1.82, 2.24) is 19.9 Å². The average Bonchev–Trinajstić information content (AvgIpc) is 3.29. The summed E-state index contributed by atoms with van der Waals surface area (Å²) in [5, 5.41) is 3.98. The molecule has 28 heavy (non-hydrogen) atoms. The molecule has 0 atom stereocenters. The third-order valence-corrected chi connectivity index (χ3v) is 6.24. The summed E-state index contributed by atoms with van der Waals surface area (Å²) in [6, 6.07) is 10.5. The Morgan fingerprint density at radius 2 is 1.96 bits per heavy atom. The van der Waals surface area contributed by atoms with Crippen LogP contribution in [0.25, 0.3) is 0 Å². The van der Waals surface area contributed by atoms with Crippen molar-refractivity contribution in [1.29, 1.82) is 0 Å².